The van der Waals surface area contributed by atoms with Crippen LogP contribution >= 0.6 is 0 Å². The summed E-state index contributed by atoms with van der Waals surface area (Å²) in [5.74, 6) is 0. The summed E-state index contributed by atoms with van der Waals surface area (Å²) in [4.78, 5) is 0. The minimum absolute atomic E-state index is 0.0277. The highest BCUT2D eigenvalue weighted by Crippen LogP contribution is 1.98. The summed E-state index contributed by atoms with van der Waals surface area (Å²) in [6.45, 7) is 4.73. The number of aliphatic hydroxyl groups excluding tert-OH is 1. The van der Waals surface area contributed by atoms with Crippen molar-refractivity contribution in [1.82, 2.24) is 0 Å². The van der Waals surface area contributed by atoms with Crippen molar-refractivity contribution in [3.8, 4) is 0 Å². The smallest absolute Gasteiger partial charge is 0.0582 e. The second-order valence-electron chi connectivity index (χ2n) is 2.91. The molecule has 0 fully saturated rings. The highest BCUT2D eigenvalue weighted by atomic mass is 28.3. The van der Waals surface area contributed by atoms with Gasteiger partial charge in [-0.3, -0.25) is 0 Å². The third-order valence-corrected chi connectivity index (χ3v) is 2.84. The van der Waals surface area contributed by atoms with E-state index < -0.39 is 8.80 Å². The summed E-state index contributed by atoms with van der Waals surface area (Å²) < 4.78 is 0. The van der Waals surface area contributed by atoms with Gasteiger partial charge in [-0.15, -0.1) is 0 Å². The molecule has 3 heteroatoms. The summed E-state index contributed by atoms with van der Waals surface area (Å²) >= 11 is 0. The van der Waals surface area contributed by atoms with E-state index in [0.717, 1.165) is 6.42 Å². The Balaban J connectivity index is 3.06. The molecular weight excluding hydrogens is 130 g/mol. The molecule has 0 heterocycles. The van der Waals surface area contributed by atoms with E-state index in [9.17, 15) is 0 Å². The number of rotatable bonds is 4. The van der Waals surface area contributed by atoms with E-state index in [4.69, 9.17) is 10.8 Å². The average Bonchev–Trinajstić information content (AvgIpc) is 1.83. The fourth-order valence-electron chi connectivity index (χ4n) is 0.639. The fourth-order valence-corrected chi connectivity index (χ4v) is 1.73. The van der Waals surface area contributed by atoms with E-state index in [1.165, 1.54) is 6.04 Å². The average molecular weight is 147 g/mol. The molecule has 0 amide bonds. The lowest BCUT2D eigenvalue weighted by molar-refractivity contribution is 0.263. The van der Waals surface area contributed by atoms with Gasteiger partial charge in [-0.05, 0) is 6.42 Å². The van der Waals surface area contributed by atoms with Crippen LogP contribution in [-0.2, 0) is 0 Å². The van der Waals surface area contributed by atoms with Crippen LogP contribution in [0.2, 0.25) is 19.1 Å². The lowest BCUT2D eigenvalue weighted by atomic mass is 10.3. The van der Waals surface area contributed by atoms with Gasteiger partial charge in [0.15, 0.2) is 0 Å². The van der Waals surface area contributed by atoms with Crippen LogP contribution in [0.3, 0.4) is 0 Å². The highest BCUT2D eigenvalue weighted by Gasteiger charge is 2.01. The maximum atomic E-state index is 8.54. The minimum atomic E-state index is -0.432. The van der Waals surface area contributed by atoms with Gasteiger partial charge >= 0.3 is 0 Å². The maximum absolute atomic E-state index is 8.54. The van der Waals surface area contributed by atoms with Crippen molar-refractivity contribution in [2.24, 2.45) is 5.73 Å². The van der Waals surface area contributed by atoms with Gasteiger partial charge < -0.3 is 10.8 Å². The SMILES string of the molecule is C[SiH](C)CCC(N)CO. The van der Waals surface area contributed by atoms with Gasteiger partial charge in [0.1, 0.15) is 0 Å². The summed E-state index contributed by atoms with van der Waals surface area (Å²) in [6.07, 6.45) is 1.00. The summed E-state index contributed by atoms with van der Waals surface area (Å²) in [7, 11) is -0.432. The van der Waals surface area contributed by atoms with Crippen LogP contribution in [0.1, 0.15) is 6.42 Å². The second-order valence-corrected chi connectivity index (χ2v) is 6.28. The molecular formula is C6H17NOSi. The van der Waals surface area contributed by atoms with Gasteiger partial charge in [0, 0.05) is 14.8 Å². The summed E-state index contributed by atoms with van der Waals surface area (Å²) in [5.41, 5.74) is 5.49. The van der Waals surface area contributed by atoms with Gasteiger partial charge in [-0.2, -0.15) is 0 Å². The molecule has 9 heavy (non-hydrogen) atoms. The molecule has 0 saturated carbocycles. The zero-order chi connectivity index (χ0) is 7.28. The predicted octanol–water partition coefficient (Wildman–Crippen LogP) is 0.183. The molecule has 56 valence electrons. The highest BCUT2D eigenvalue weighted by molar-refractivity contribution is 6.55. The summed E-state index contributed by atoms with van der Waals surface area (Å²) in [6, 6.07) is 1.28. The van der Waals surface area contributed by atoms with Crippen LogP contribution in [-0.4, -0.2) is 26.6 Å². The van der Waals surface area contributed by atoms with Crippen LogP contribution in [0.15, 0.2) is 0 Å². The quantitative estimate of drug-likeness (QED) is 0.557. The Morgan fingerprint density at radius 2 is 2.11 bits per heavy atom. The molecule has 0 aliphatic rings. The first-order chi connectivity index (χ1) is 4.16. The molecule has 1 atom stereocenters. The van der Waals surface area contributed by atoms with E-state index in [1.54, 1.807) is 0 Å². The molecule has 0 saturated heterocycles. The molecule has 3 N–H and O–H groups in total. The lowest BCUT2D eigenvalue weighted by Crippen LogP contribution is -2.25. The van der Waals surface area contributed by atoms with Crippen molar-refractivity contribution in [3.63, 3.8) is 0 Å². The Morgan fingerprint density at radius 3 is 2.44 bits per heavy atom. The van der Waals surface area contributed by atoms with Crippen molar-refractivity contribution in [1.29, 1.82) is 0 Å². The first-order valence-corrected chi connectivity index (χ1v) is 6.65. The standard InChI is InChI=1S/C6H17NOSi/c1-9(2)4-3-6(7)5-8/h6,8-9H,3-5,7H2,1-2H3. The first kappa shape index (κ1) is 9.14. The van der Waals surface area contributed by atoms with Crippen LogP contribution in [0, 0.1) is 0 Å². The van der Waals surface area contributed by atoms with Gasteiger partial charge in [0.05, 0.1) is 6.61 Å². The van der Waals surface area contributed by atoms with Crippen molar-refractivity contribution in [2.45, 2.75) is 31.6 Å². The first-order valence-electron chi connectivity index (χ1n) is 3.53. The van der Waals surface area contributed by atoms with Gasteiger partial charge in [0.25, 0.3) is 0 Å². The van der Waals surface area contributed by atoms with E-state index in [-0.39, 0.29) is 12.6 Å². The molecule has 0 aliphatic carbocycles. The van der Waals surface area contributed by atoms with Crippen molar-refractivity contribution < 1.29 is 5.11 Å². The Labute approximate surface area is 58.7 Å². The third kappa shape index (κ3) is 6.02. The monoisotopic (exact) mass is 147 g/mol. The second kappa shape index (κ2) is 4.96. The third-order valence-electron chi connectivity index (χ3n) is 1.35. The minimum Gasteiger partial charge on any atom is -0.395 e. The zero-order valence-corrected chi connectivity index (χ0v) is 7.46. The molecule has 0 rings (SSSR count). The molecule has 0 aliphatic heterocycles. The molecule has 0 aromatic rings. The van der Waals surface area contributed by atoms with E-state index in [1.807, 2.05) is 0 Å². The molecule has 1 unspecified atom stereocenters. The summed E-state index contributed by atoms with van der Waals surface area (Å²) in [5, 5.41) is 8.54. The number of hydrogen-bond donors (Lipinski definition) is 2. The van der Waals surface area contributed by atoms with Crippen molar-refractivity contribution >= 4 is 8.80 Å². The number of aliphatic hydroxyl groups is 1. The van der Waals surface area contributed by atoms with Gasteiger partial charge in [0.2, 0.25) is 0 Å². The van der Waals surface area contributed by atoms with Crippen LogP contribution in [0.4, 0.5) is 0 Å². The molecule has 0 radical (unpaired) electrons. The van der Waals surface area contributed by atoms with Crippen molar-refractivity contribution in [3.05, 3.63) is 0 Å². The predicted molar refractivity (Wildman–Crippen MR) is 43.4 cm³/mol. The number of nitrogens with two attached hydrogens (primary N) is 1. The number of hydrogen-bond acceptors (Lipinski definition) is 2. The fraction of sp³-hybridized carbons (Fsp3) is 1.00. The molecule has 0 aromatic heterocycles. The molecule has 0 bridgehead atoms. The zero-order valence-electron chi connectivity index (χ0n) is 6.30. The Bertz CT molecular complexity index is 68.1. The van der Waals surface area contributed by atoms with Gasteiger partial charge in [-0.1, -0.05) is 19.1 Å². The van der Waals surface area contributed by atoms with Crippen LogP contribution in [0.5, 0.6) is 0 Å². The van der Waals surface area contributed by atoms with Crippen LogP contribution in [0.25, 0.3) is 0 Å². The normalized spacial score (nSPS) is 14.3. The van der Waals surface area contributed by atoms with E-state index in [2.05, 4.69) is 13.1 Å². The van der Waals surface area contributed by atoms with Gasteiger partial charge in [-0.25, -0.2) is 0 Å². The Morgan fingerprint density at radius 1 is 1.56 bits per heavy atom. The van der Waals surface area contributed by atoms with E-state index >= 15 is 0 Å². The maximum Gasteiger partial charge on any atom is 0.0582 e. The van der Waals surface area contributed by atoms with Crippen LogP contribution < -0.4 is 5.73 Å². The molecule has 0 spiro atoms. The van der Waals surface area contributed by atoms with Crippen molar-refractivity contribution in [2.75, 3.05) is 6.61 Å². The lowest BCUT2D eigenvalue weighted by Gasteiger charge is -2.07. The Kier molecular flexibility index (Phi) is 5.04. The Hall–Kier alpha value is 0.137. The molecule has 2 nitrogen and oxygen atoms in total. The molecule has 0 aromatic carbocycles. The van der Waals surface area contributed by atoms with E-state index in [0.29, 0.717) is 0 Å². The largest absolute Gasteiger partial charge is 0.395 e. The topological polar surface area (TPSA) is 46.2 Å².